The molecule has 3 rings (SSSR count). The van der Waals surface area contributed by atoms with Crippen LogP contribution in [0.15, 0.2) is 72.8 Å². The minimum Gasteiger partial charge on any atom is -0.391 e. The third-order valence-corrected chi connectivity index (χ3v) is 4.87. The Kier molecular flexibility index (Phi) is 6.62. The second-order valence-electron chi connectivity index (χ2n) is 6.22. The lowest BCUT2D eigenvalue weighted by atomic mass is 9.91. The first-order valence-corrected chi connectivity index (χ1v) is 9.62. The van der Waals surface area contributed by atoms with E-state index in [-0.39, 0.29) is 5.78 Å². The predicted molar refractivity (Wildman–Crippen MR) is 118 cm³/mol. The lowest BCUT2D eigenvalue weighted by Gasteiger charge is -2.12. The number of hydrogen-bond donors (Lipinski definition) is 0. The largest absolute Gasteiger partial charge is 0.391 e. The molecule has 0 spiro atoms. The van der Waals surface area contributed by atoms with Crippen LogP contribution in [0.3, 0.4) is 0 Å². The van der Waals surface area contributed by atoms with E-state index < -0.39 is 5.97 Å². The van der Waals surface area contributed by atoms with Gasteiger partial charge >= 0.3 is 5.97 Å². The minimum atomic E-state index is -0.440. The molecular formula is C24H17IO3. The number of Topliss-reactive ketones (excluding diaryl/α,β-unsaturated/α-hetero) is 1. The first-order valence-electron chi connectivity index (χ1n) is 8.74. The average molecular weight is 480 g/mol. The van der Waals surface area contributed by atoms with E-state index >= 15 is 0 Å². The molecule has 0 saturated heterocycles. The highest BCUT2D eigenvalue weighted by Gasteiger charge is 2.18. The molecule has 0 aliphatic rings. The molecule has 0 atom stereocenters. The van der Waals surface area contributed by atoms with Gasteiger partial charge in [-0.05, 0) is 41.3 Å². The Morgan fingerprint density at radius 2 is 1.54 bits per heavy atom. The summed E-state index contributed by atoms with van der Waals surface area (Å²) in [5.41, 5.74) is 4.25. The summed E-state index contributed by atoms with van der Waals surface area (Å²) in [5.74, 6) is 2.18. The highest BCUT2D eigenvalue weighted by molar-refractivity contribution is 14.1. The fourth-order valence-electron chi connectivity index (χ4n) is 3.11. The van der Waals surface area contributed by atoms with Crippen LogP contribution in [0.4, 0.5) is 0 Å². The molecule has 0 saturated carbocycles. The molecule has 0 amide bonds. The predicted octanol–water partition coefficient (Wildman–Crippen LogP) is 5.66. The number of carbonyl (C=O) groups is 2. The second kappa shape index (κ2) is 9.34. The van der Waals surface area contributed by atoms with Crippen molar-refractivity contribution in [3.05, 3.63) is 95.1 Å². The van der Waals surface area contributed by atoms with Crippen molar-refractivity contribution >= 4 is 34.8 Å². The Morgan fingerprint density at radius 3 is 2.21 bits per heavy atom. The molecule has 0 N–H and O–H groups in total. The highest BCUT2D eigenvalue weighted by atomic mass is 127. The zero-order chi connectivity index (χ0) is 19.9. The van der Waals surface area contributed by atoms with Gasteiger partial charge in [-0.1, -0.05) is 60.5 Å². The Bertz CT molecular complexity index is 1060. The van der Waals surface area contributed by atoms with Gasteiger partial charge in [0, 0.05) is 17.5 Å². The van der Waals surface area contributed by atoms with E-state index in [1.807, 2.05) is 54.6 Å². The zero-order valence-electron chi connectivity index (χ0n) is 15.0. The molecule has 0 unspecified atom stereocenters. The van der Waals surface area contributed by atoms with Gasteiger partial charge in [-0.25, -0.2) is 4.79 Å². The summed E-state index contributed by atoms with van der Waals surface area (Å²) >= 11 is 1.57. The van der Waals surface area contributed by atoms with Crippen LogP contribution in [0, 0.1) is 12.3 Å². The molecule has 28 heavy (non-hydrogen) atoms. The first kappa shape index (κ1) is 19.8. The van der Waals surface area contributed by atoms with Gasteiger partial charge in [-0.3, -0.25) is 4.79 Å². The average Bonchev–Trinajstić information content (AvgIpc) is 2.77. The van der Waals surface area contributed by atoms with Gasteiger partial charge in [0.1, 0.15) is 0 Å². The number of aryl methyl sites for hydroxylation is 1. The van der Waals surface area contributed by atoms with Gasteiger partial charge in [0.15, 0.2) is 28.8 Å². The topological polar surface area (TPSA) is 43.4 Å². The van der Waals surface area contributed by atoms with Crippen molar-refractivity contribution in [2.24, 2.45) is 0 Å². The van der Waals surface area contributed by atoms with Gasteiger partial charge < -0.3 is 3.07 Å². The molecule has 3 nitrogen and oxygen atoms in total. The SMILES string of the molecule is C#Cc1cccc(CCC(=O)c2ccccc2-c2ccccc2C(=O)OI)c1. The van der Waals surface area contributed by atoms with Gasteiger partial charge in [0.2, 0.25) is 0 Å². The third kappa shape index (κ3) is 4.49. The molecule has 0 heterocycles. The van der Waals surface area contributed by atoms with Crippen LogP contribution in [0.2, 0.25) is 0 Å². The zero-order valence-corrected chi connectivity index (χ0v) is 17.2. The van der Waals surface area contributed by atoms with Crippen LogP contribution in [0.5, 0.6) is 0 Å². The smallest absolute Gasteiger partial charge is 0.348 e. The summed E-state index contributed by atoms with van der Waals surface area (Å²) in [7, 11) is 0. The summed E-state index contributed by atoms with van der Waals surface area (Å²) in [4.78, 5) is 25.1. The Balaban J connectivity index is 1.90. The van der Waals surface area contributed by atoms with Crippen LogP contribution < -0.4 is 0 Å². The number of ketones is 1. The van der Waals surface area contributed by atoms with Crippen molar-refractivity contribution in [2.75, 3.05) is 0 Å². The molecule has 0 aliphatic heterocycles. The minimum absolute atomic E-state index is 0.0133. The maximum absolute atomic E-state index is 13.0. The van der Waals surface area contributed by atoms with Crippen LogP contribution in [-0.4, -0.2) is 11.8 Å². The van der Waals surface area contributed by atoms with Crippen LogP contribution in [0.25, 0.3) is 11.1 Å². The lowest BCUT2D eigenvalue weighted by molar-refractivity contribution is 0.0800. The van der Waals surface area contributed by atoms with E-state index in [4.69, 9.17) is 9.49 Å². The third-order valence-electron chi connectivity index (χ3n) is 4.47. The van der Waals surface area contributed by atoms with Crippen molar-refractivity contribution in [3.63, 3.8) is 0 Å². The van der Waals surface area contributed by atoms with E-state index in [2.05, 4.69) is 5.92 Å². The van der Waals surface area contributed by atoms with E-state index in [1.165, 1.54) is 0 Å². The molecule has 3 aromatic rings. The number of hydrogen-bond acceptors (Lipinski definition) is 3. The van der Waals surface area contributed by atoms with Gasteiger partial charge in [0.25, 0.3) is 0 Å². The van der Waals surface area contributed by atoms with Crippen molar-refractivity contribution in [3.8, 4) is 23.5 Å². The quantitative estimate of drug-likeness (QED) is 0.260. The Hall–Kier alpha value is -2.91. The number of halogens is 1. The fraction of sp³-hybridized carbons (Fsp3) is 0.0833. The summed E-state index contributed by atoms with van der Waals surface area (Å²) in [6, 6.07) is 22.1. The van der Waals surface area contributed by atoms with Crippen LogP contribution in [0.1, 0.15) is 38.3 Å². The van der Waals surface area contributed by atoms with Crippen molar-refractivity contribution in [1.29, 1.82) is 0 Å². The second-order valence-corrected chi connectivity index (χ2v) is 6.66. The van der Waals surface area contributed by atoms with E-state index in [9.17, 15) is 9.59 Å². The monoisotopic (exact) mass is 480 g/mol. The Labute approximate surface area is 178 Å². The Morgan fingerprint density at radius 1 is 0.893 bits per heavy atom. The highest BCUT2D eigenvalue weighted by Crippen LogP contribution is 2.29. The fourth-order valence-corrected chi connectivity index (χ4v) is 3.35. The summed E-state index contributed by atoms with van der Waals surface area (Å²) in [6.07, 6.45) is 6.39. The van der Waals surface area contributed by atoms with E-state index in [0.29, 0.717) is 29.5 Å². The molecule has 4 heteroatoms. The van der Waals surface area contributed by atoms with Crippen LogP contribution in [-0.2, 0) is 9.49 Å². The maximum atomic E-state index is 13.0. The molecule has 138 valence electrons. The van der Waals surface area contributed by atoms with Crippen LogP contribution >= 0.6 is 23.0 Å². The molecule has 0 aliphatic carbocycles. The standard InChI is InChI=1S/C24H17IO3/c1-2-17-8-7-9-18(16-17)14-15-23(26)21-12-5-3-10-19(21)20-11-4-6-13-22(20)24(27)28-25/h1,3-13,16H,14-15H2. The first-order chi connectivity index (χ1) is 13.6. The van der Waals surface area contributed by atoms with Gasteiger partial charge in [0.05, 0.1) is 5.56 Å². The van der Waals surface area contributed by atoms with Crippen molar-refractivity contribution in [2.45, 2.75) is 12.8 Å². The van der Waals surface area contributed by atoms with Gasteiger partial charge in [-0.15, -0.1) is 6.42 Å². The number of rotatable bonds is 6. The lowest BCUT2D eigenvalue weighted by Crippen LogP contribution is -2.06. The molecular weight excluding hydrogens is 463 g/mol. The summed E-state index contributed by atoms with van der Waals surface area (Å²) in [5, 5.41) is 0. The number of benzene rings is 3. The summed E-state index contributed by atoms with van der Waals surface area (Å²) in [6.45, 7) is 0. The molecule has 0 aromatic heterocycles. The molecule has 0 radical (unpaired) electrons. The normalized spacial score (nSPS) is 10.1. The van der Waals surface area contributed by atoms with Crippen molar-refractivity contribution in [1.82, 2.24) is 0 Å². The van der Waals surface area contributed by atoms with E-state index in [0.717, 1.165) is 16.7 Å². The number of terminal acetylenes is 1. The van der Waals surface area contributed by atoms with Gasteiger partial charge in [-0.2, -0.15) is 0 Å². The molecule has 3 aromatic carbocycles. The molecule has 0 bridgehead atoms. The van der Waals surface area contributed by atoms with E-state index in [1.54, 1.807) is 41.2 Å². The molecule has 0 fully saturated rings. The van der Waals surface area contributed by atoms with Crippen molar-refractivity contribution < 1.29 is 12.7 Å². The maximum Gasteiger partial charge on any atom is 0.348 e. The number of carbonyl (C=O) groups excluding carboxylic acids is 2. The summed E-state index contributed by atoms with van der Waals surface area (Å²) < 4.78 is 4.86.